The fourth-order valence-electron chi connectivity index (χ4n) is 1.41. The van der Waals surface area contributed by atoms with Gasteiger partial charge in [-0.3, -0.25) is 0 Å². The molecular formula is C11H20N2O4S. The normalized spacial score (nSPS) is 14.1. The summed E-state index contributed by atoms with van der Waals surface area (Å²) in [7, 11) is -2.14. The van der Waals surface area contributed by atoms with Crippen molar-refractivity contribution < 1.29 is 17.6 Å². The van der Waals surface area contributed by atoms with Gasteiger partial charge in [0.25, 0.3) is 10.0 Å². The van der Waals surface area contributed by atoms with Gasteiger partial charge in [-0.05, 0) is 18.1 Å². The SMILES string of the molecule is COCC(NS(=O)(=O)c1ccc(CN)o1)C(C)C. The summed E-state index contributed by atoms with van der Waals surface area (Å²) >= 11 is 0. The first-order chi connectivity index (χ1) is 8.40. The quantitative estimate of drug-likeness (QED) is 0.764. The average Bonchev–Trinajstić information content (AvgIpc) is 2.77. The highest BCUT2D eigenvalue weighted by Crippen LogP contribution is 2.15. The molecule has 0 fully saturated rings. The van der Waals surface area contributed by atoms with Gasteiger partial charge >= 0.3 is 0 Å². The lowest BCUT2D eigenvalue weighted by Gasteiger charge is -2.20. The largest absolute Gasteiger partial charge is 0.447 e. The van der Waals surface area contributed by atoms with Gasteiger partial charge in [-0.15, -0.1) is 0 Å². The molecule has 1 unspecified atom stereocenters. The van der Waals surface area contributed by atoms with Crippen LogP contribution in [0.4, 0.5) is 0 Å². The van der Waals surface area contributed by atoms with E-state index in [-0.39, 0.29) is 23.6 Å². The van der Waals surface area contributed by atoms with Crippen molar-refractivity contribution in [2.75, 3.05) is 13.7 Å². The van der Waals surface area contributed by atoms with Gasteiger partial charge in [0.2, 0.25) is 5.09 Å². The second-order valence-corrected chi connectivity index (χ2v) is 6.00. The highest BCUT2D eigenvalue weighted by Gasteiger charge is 2.25. The maximum absolute atomic E-state index is 12.0. The van der Waals surface area contributed by atoms with Crippen LogP contribution in [0.5, 0.6) is 0 Å². The number of nitrogens with two attached hydrogens (primary N) is 1. The molecule has 1 atom stereocenters. The van der Waals surface area contributed by atoms with Crippen LogP contribution >= 0.6 is 0 Å². The van der Waals surface area contributed by atoms with E-state index in [9.17, 15) is 8.42 Å². The van der Waals surface area contributed by atoms with E-state index in [0.717, 1.165) is 0 Å². The molecule has 0 saturated carbocycles. The lowest BCUT2D eigenvalue weighted by molar-refractivity contribution is 0.157. The summed E-state index contributed by atoms with van der Waals surface area (Å²) in [6.07, 6.45) is 0. The molecule has 0 bridgehead atoms. The van der Waals surface area contributed by atoms with Gasteiger partial charge < -0.3 is 14.9 Å². The molecule has 104 valence electrons. The van der Waals surface area contributed by atoms with E-state index in [1.165, 1.54) is 13.2 Å². The average molecular weight is 276 g/mol. The molecule has 0 aliphatic rings. The van der Waals surface area contributed by atoms with Gasteiger partial charge in [0.15, 0.2) is 0 Å². The van der Waals surface area contributed by atoms with E-state index >= 15 is 0 Å². The molecule has 0 saturated heterocycles. The van der Waals surface area contributed by atoms with Gasteiger partial charge in [-0.1, -0.05) is 13.8 Å². The van der Waals surface area contributed by atoms with E-state index in [0.29, 0.717) is 12.4 Å². The number of nitrogens with one attached hydrogen (secondary N) is 1. The molecule has 18 heavy (non-hydrogen) atoms. The maximum Gasteiger partial charge on any atom is 0.274 e. The predicted molar refractivity (Wildman–Crippen MR) is 67.4 cm³/mol. The molecule has 1 heterocycles. The van der Waals surface area contributed by atoms with Crippen LogP contribution in [0.1, 0.15) is 19.6 Å². The van der Waals surface area contributed by atoms with Crippen molar-refractivity contribution in [3.8, 4) is 0 Å². The standard InChI is InChI=1S/C11H20N2O4S/c1-8(2)10(7-16-3)13-18(14,15)11-5-4-9(6-12)17-11/h4-5,8,10,13H,6-7,12H2,1-3H3. The summed E-state index contributed by atoms with van der Waals surface area (Å²) in [5, 5.41) is -0.121. The van der Waals surface area contributed by atoms with Crippen LogP contribution in [0.2, 0.25) is 0 Å². The number of rotatable bonds is 7. The summed E-state index contributed by atoms with van der Waals surface area (Å²) in [5.74, 6) is 0.548. The Balaban J connectivity index is 2.86. The van der Waals surface area contributed by atoms with Gasteiger partial charge in [0.05, 0.1) is 13.2 Å². The van der Waals surface area contributed by atoms with E-state index in [1.807, 2.05) is 13.8 Å². The Bertz CT molecular complexity index is 467. The topological polar surface area (TPSA) is 94.6 Å². The Morgan fingerprint density at radius 1 is 1.44 bits per heavy atom. The van der Waals surface area contributed by atoms with Crippen LogP contribution in [0.25, 0.3) is 0 Å². The Labute approximate surface area is 108 Å². The smallest absolute Gasteiger partial charge is 0.274 e. The Morgan fingerprint density at radius 2 is 2.11 bits per heavy atom. The molecule has 0 amide bonds. The molecule has 0 aliphatic carbocycles. The maximum atomic E-state index is 12.0. The molecule has 0 spiro atoms. The molecule has 1 rings (SSSR count). The number of furan rings is 1. The van der Waals surface area contributed by atoms with Crippen LogP contribution in [0, 0.1) is 5.92 Å². The minimum atomic E-state index is -3.67. The molecule has 1 aromatic heterocycles. The van der Waals surface area contributed by atoms with Crippen molar-refractivity contribution in [3.63, 3.8) is 0 Å². The van der Waals surface area contributed by atoms with Gasteiger partial charge in [-0.25, -0.2) is 13.1 Å². The first-order valence-electron chi connectivity index (χ1n) is 5.70. The van der Waals surface area contributed by atoms with Crippen LogP contribution in [-0.4, -0.2) is 28.2 Å². The molecule has 3 N–H and O–H groups in total. The third-order valence-electron chi connectivity index (χ3n) is 2.56. The molecule has 6 nitrogen and oxygen atoms in total. The van der Waals surface area contributed by atoms with Crippen molar-refractivity contribution in [2.45, 2.75) is 31.5 Å². The van der Waals surface area contributed by atoms with Crippen molar-refractivity contribution in [1.82, 2.24) is 4.72 Å². The summed E-state index contributed by atoms with van der Waals surface area (Å²) < 4.78 is 36.8. The zero-order chi connectivity index (χ0) is 13.8. The molecule has 0 aromatic carbocycles. The van der Waals surface area contributed by atoms with Crippen molar-refractivity contribution >= 4 is 10.0 Å². The summed E-state index contributed by atoms with van der Waals surface area (Å²) in [4.78, 5) is 0. The summed E-state index contributed by atoms with van der Waals surface area (Å²) in [6.45, 7) is 4.31. The highest BCUT2D eigenvalue weighted by molar-refractivity contribution is 7.89. The van der Waals surface area contributed by atoms with Gasteiger partial charge in [0.1, 0.15) is 5.76 Å². The summed E-state index contributed by atoms with van der Waals surface area (Å²) in [6, 6.07) is 2.65. The number of hydrogen-bond donors (Lipinski definition) is 2. The molecule has 0 radical (unpaired) electrons. The predicted octanol–water partition coefficient (Wildman–Crippen LogP) is 0.688. The zero-order valence-corrected chi connectivity index (χ0v) is 11.7. The fraction of sp³-hybridized carbons (Fsp3) is 0.636. The number of methoxy groups -OCH3 is 1. The Hall–Kier alpha value is -0.890. The van der Waals surface area contributed by atoms with E-state index in [2.05, 4.69) is 4.72 Å². The zero-order valence-electron chi connectivity index (χ0n) is 10.8. The van der Waals surface area contributed by atoms with Crippen molar-refractivity contribution in [3.05, 3.63) is 17.9 Å². The third kappa shape index (κ3) is 3.81. The van der Waals surface area contributed by atoms with Crippen molar-refractivity contribution in [2.24, 2.45) is 11.7 Å². The summed E-state index contributed by atoms with van der Waals surface area (Å²) in [5.41, 5.74) is 5.37. The number of hydrogen-bond acceptors (Lipinski definition) is 5. The second kappa shape index (κ2) is 6.33. The minimum Gasteiger partial charge on any atom is -0.447 e. The molecule has 7 heteroatoms. The lowest BCUT2D eigenvalue weighted by Crippen LogP contribution is -2.41. The molecule has 1 aromatic rings. The van der Waals surface area contributed by atoms with Crippen molar-refractivity contribution in [1.29, 1.82) is 0 Å². The Morgan fingerprint density at radius 3 is 2.56 bits per heavy atom. The number of sulfonamides is 1. The van der Waals surface area contributed by atoms with E-state index < -0.39 is 10.0 Å². The van der Waals surface area contributed by atoms with Crippen LogP contribution < -0.4 is 10.5 Å². The second-order valence-electron chi connectivity index (χ2n) is 4.35. The van der Waals surface area contributed by atoms with Crippen LogP contribution in [0.3, 0.4) is 0 Å². The number of ether oxygens (including phenoxy) is 1. The monoisotopic (exact) mass is 276 g/mol. The molecular weight excluding hydrogens is 256 g/mol. The van der Waals surface area contributed by atoms with E-state index in [4.69, 9.17) is 14.9 Å². The first-order valence-corrected chi connectivity index (χ1v) is 7.19. The van der Waals surface area contributed by atoms with Crippen LogP contribution in [-0.2, 0) is 21.3 Å². The third-order valence-corrected chi connectivity index (χ3v) is 3.92. The first kappa shape index (κ1) is 15.2. The minimum absolute atomic E-state index is 0.115. The fourth-order valence-corrected chi connectivity index (χ4v) is 2.73. The van der Waals surface area contributed by atoms with Crippen LogP contribution in [0.15, 0.2) is 21.6 Å². The lowest BCUT2D eigenvalue weighted by atomic mass is 10.1. The van der Waals surface area contributed by atoms with Gasteiger partial charge in [-0.2, -0.15) is 0 Å². The molecule has 0 aliphatic heterocycles. The highest BCUT2D eigenvalue weighted by atomic mass is 32.2. The van der Waals surface area contributed by atoms with E-state index in [1.54, 1.807) is 6.07 Å². The van der Waals surface area contributed by atoms with Gasteiger partial charge in [0, 0.05) is 13.2 Å². The Kier molecular flexibility index (Phi) is 5.33.